The van der Waals surface area contributed by atoms with E-state index < -0.39 is 0 Å². The number of piperidine rings is 1. The van der Waals surface area contributed by atoms with Gasteiger partial charge in [0.1, 0.15) is 5.82 Å². The summed E-state index contributed by atoms with van der Waals surface area (Å²) in [6, 6.07) is 4.50. The Morgan fingerprint density at radius 1 is 1.47 bits per heavy atom. The van der Waals surface area contributed by atoms with Gasteiger partial charge in [-0.2, -0.15) is 0 Å². The first-order chi connectivity index (χ1) is 7.20. The standard InChI is InChI=1S/C11H14ClFN2/c12-7-3-1-4-8(13)10(7)11-9(14)5-2-6-15-11/h1,3-4,9,11,15H,2,5-6,14H2. The molecule has 0 spiro atoms. The van der Waals surface area contributed by atoms with E-state index in [4.69, 9.17) is 17.3 Å². The van der Waals surface area contributed by atoms with E-state index in [0.29, 0.717) is 10.6 Å². The second-order valence-corrected chi connectivity index (χ2v) is 4.28. The predicted molar refractivity (Wildman–Crippen MR) is 59.4 cm³/mol. The Balaban J connectivity index is 2.35. The van der Waals surface area contributed by atoms with E-state index in [0.717, 1.165) is 19.4 Å². The molecule has 0 bridgehead atoms. The summed E-state index contributed by atoms with van der Waals surface area (Å²) in [5, 5.41) is 3.67. The molecule has 4 heteroatoms. The van der Waals surface area contributed by atoms with Crippen LogP contribution in [0.4, 0.5) is 4.39 Å². The molecule has 15 heavy (non-hydrogen) atoms. The van der Waals surface area contributed by atoms with Crippen LogP contribution in [0.15, 0.2) is 18.2 Å². The van der Waals surface area contributed by atoms with Crippen molar-refractivity contribution in [1.82, 2.24) is 5.32 Å². The summed E-state index contributed by atoms with van der Waals surface area (Å²) in [4.78, 5) is 0. The van der Waals surface area contributed by atoms with Crippen LogP contribution in [0.25, 0.3) is 0 Å². The van der Waals surface area contributed by atoms with Crippen LogP contribution >= 0.6 is 11.6 Å². The SMILES string of the molecule is NC1CCCNC1c1c(F)cccc1Cl. The smallest absolute Gasteiger partial charge is 0.129 e. The second kappa shape index (κ2) is 4.47. The summed E-state index contributed by atoms with van der Waals surface area (Å²) in [5.41, 5.74) is 6.47. The normalized spacial score (nSPS) is 26.6. The summed E-state index contributed by atoms with van der Waals surface area (Å²) in [6.07, 6.45) is 1.94. The molecule has 3 N–H and O–H groups in total. The molecule has 0 aromatic heterocycles. The van der Waals surface area contributed by atoms with Crippen molar-refractivity contribution in [2.75, 3.05) is 6.54 Å². The minimum atomic E-state index is -0.280. The van der Waals surface area contributed by atoms with Gasteiger partial charge in [-0.05, 0) is 31.5 Å². The zero-order valence-corrected chi connectivity index (χ0v) is 9.10. The molecule has 1 aliphatic rings. The fourth-order valence-electron chi connectivity index (χ4n) is 2.04. The lowest BCUT2D eigenvalue weighted by atomic mass is 9.93. The molecule has 1 heterocycles. The molecule has 1 aromatic rings. The van der Waals surface area contributed by atoms with Crippen molar-refractivity contribution >= 4 is 11.6 Å². The molecule has 2 rings (SSSR count). The first kappa shape index (κ1) is 10.9. The second-order valence-electron chi connectivity index (χ2n) is 3.87. The number of halogens is 2. The Hall–Kier alpha value is -0.640. The van der Waals surface area contributed by atoms with Crippen LogP contribution < -0.4 is 11.1 Å². The fraction of sp³-hybridized carbons (Fsp3) is 0.455. The van der Waals surface area contributed by atoms with Gasteiger partial charge in [0.25, 0.3) is 0 Å². The Morgan fingerprint density at radius 2 is 2.27 bits per heavy atom. The molecule has 2 atom stereocenters. The van der Waals surface area contributed by atoms with Gasteiger partial charge in [-0.1, -0.05) is 17.7 Å². The van der Waals surface area contributed by atoms with Crippen LogP contribution in [0.1, 0.15) is 24.4 Å². The number of hydrogen-bond acceptors (Lipinski definition) is 2. The van der Waals surface area contributed by atoms with Crippen molar-refractivity contribution in [2.45, 2.75) is 24.9 Å². The third-order valence-corrected chi connectivity index (χ3v) is 3.15. The highest BCUT2D eigenvalue weighted by molar-refractivity contribution is 6.31. The van der Waals surface area contributed by atoms with E-state index in [1.54, 1.807) is 12.1 Å². The van der Waals surface area contributed by atoms with Crippen LogP contribution in [-0.4, -0.2) is 12.6 Å². The highest BCUT2D eigenvalue weighted by atomic mass is 35.5. The van der Waals surface area contributed by atoms with Gasteiger partial charge >= 0.3 is 0 Å². The molecule has 0 saturated carbocycles. The van der Waals surface area contributed by atoms with E-state index in [1.165, 1.54) is 6.07 Å². The highest BCUT2D eigenvalue weighted by Gasteiger charge is 2.26. The van der Waals surface area contributed by atoms with Crippen molar-refractivity contribution in [3.8, 4) is 0 Å². The average Bonchev–Trinajstić information content (AvgIpc) is 2.20. The van der Waals surface area contributed by atoms with Gasteiger partial charge in [-0.3, -0.25) is 0 Å². The van der Waals surface area contributed by atoms with Gasteiger partial charge in [0.05, 0.1) is 6.04 Å². The van der Waals surface area contributed by atoms with Crippen molar-refractivity contribution < 1.29 is 4.39 Å². The van der Waals surface area contributed by atoms with Crippen LogP contribution in [0.5, 0.6) is 0 Å². The maximum atomic E-state index is 13.6. The van der Waals surface area contributed by atoms with Crippen molar-refractivity contribution in [3.05, 3.63) is 34.6 Å². The summed E-state index contributed by atoms with van der Waals surface area (Å²) >= 11 is 5.99. The third-order valence-electron chi connectivity index (χ3n) is 2.82. The zero-order chi connectivity index (χ0) is 10.8. The first-order valence-corrected chi connectivity index (χ1v) is 5.51. The van der Waals surface area contributed by atoms with Gasteiger partial charge in [0.2, 0.25) is 0 Å². The minimum Gasteiger partial charge on any atom is -0.326 e. The number of benzene rings is 1. The van der Waals surface area contributed by atoms with E-state index in [9.17, 15) is 4.39 Å². The van der Waals surface area contributed by atoms with E-state index >= 15 is 0 Å². The number of rotatable bonds is 1. The molecule has 2 nitrogen and oxygen atoms in total. The van der Waals surface area contributed by atoms with E-state index in [1.807, 2.05) is 0 Å². The van der Waals surface area contributed by atoms with Crippen LogP contribution in [0.3, 0.4) is 0 Å². The Labute approximate surface area is 93.6 Å². The molecular weight excluding hydrogens is 215 g/mol. The summed E-state index contributed by atoms with van der Waals surface area (Å²) in [6.45, 7) is 0.864. The maximum Gasteiger partial charge on any atom is 0.129 e. The number of nitrogens with two attached hydrogens (primary N) is 1. The van der Waals surface area contributed by atoms with Gasteiger partial charge in [-0.15, -0.1) is 0 Å². The monoisotopic (exact) mass is 228 g/mol. The molecule has 0 aliphatic carbocycles. The van der Waals surface area contributed by atoms with Gasteiger partial charge in [0, 0.05) is 16.6 Å². The molecule has 2 unspecified atom stereocenters. The largest absolute Gasteiger partial charge is 0.326 e. The average molecular weight is 229 g/mol. The highest BCUT2D eigenvalue weighted by Crippen LogP contribution is 2.30. The van der Waals surface area contributed by atoms with Crippen molar-refractivity contribution in [1.29, 1.82) is 0 Å². The van der Waals surface area contributed by atoms with Crippen molar-refractivity contribution in [3.63, 3.8) is 0 Å². The van der Waals surface area contributed by atoms with E-state index in [2.05, 4.69) is 5.32 Å². The molecule has 1 saturated heterocycles. The minimum absolute atomic E-state index is 0.0619. The van der Waals surface area contributed by atoms with Gasteiger partial charge in [-0.25, -0.2) is 4.39 Å². The van der Waals surface area contributed by atoms with Crippen LogP contribution in [0, 0.1) is 5.82 Å². The molecule has 1 fully saturated rings. The lowest BCUT2D eigenvalue weighted by molar-refractivity contribution is 0.349. The summed E-state index contributed by atoms with van der Waals surface area (Å²) in [5.74, 6) is -0.280. The quantitative estimate of drug-likeness (QED) is 0.774. The van der Waals surface area contributed by atoms with Gasteiger partial charge in [0.15, 0.2) is 0 Å². The Morgan fingerprint density at radius 3 is 2.93 bits per heavy atom. The molecular formula is C11H14ClFN2. The number of nitrogens with one attached hydrogen (secondary N) is 1. The molecule has 1 aliphatic heterocycles. The topological polar surface area (TPSA) is 38.0 Å². The predicted octanol–water partition coefficient (Wildman–Crippen LogP) is 2.23. The molecule has 82 valence electrons. The van der Waals surface area contributed by atoms with Crippen LogP contribution in [-0.2, 0) is 0 Å². The van der Waals surface area contributed by atoms with Gasteiger partial charge < -0.3 is 11.1 Å². The number of hydrogen-bond donors (Lipinski definition) is 2. The summed E-state index contributed by atoms with van der Waals surface area (Å²) in [7, 11) is 0. The van der Waals surface area contributed by atoms with E-state index in [-0.39, 0.29) is 17.9 Å². The maximum absolute atomic E-state index is 13.6. The Bertz CT molecular complexity index is 336. The molecule has 1 aromatic carbocycles. The molecule has 0 radical (unpaired) electrons. The summed E-state index contributed by atoms with van der Waals surface area (Å²) < 4.78 is 13.6. The third kappa shape index (κ3) is 2.14. The zero-order valence-electron chi connectivity index (χ0n) is 8.34. The lowest BCUT2D eigenvalue weighted by Gasteiger charge is -2.31. The lowest BCUT2D eigenvalue weighted by Crippen LogP contribution is -2.43. The first-order valence-electron chi connectivity index (χ1n) is 5.13. The fourth-order valence-corrected chi connectivity index (χ4v) is 2.32. The Kier molecular flexibility index (Phi) is 3.24. The molecule has 0 amide bonds. The van der Waals surface area contributed by atoms with Crippen molar-refractivity contribution in [2.24, 2.45) is 5.73 Å². The van der Waals surface area contributed by atoms with Crippen LogP contribution in [0.2, 0.25) is 5.02 Å².